The molecule has 0 unspecified atom stereocenters. The van der Waals surface area contributed by atoms with E-state index in [2.05, 4.69) is 5.32 Å². The predicted octanol–water partition coefficient (Wildman–Crippen LogP) is 2.63. The van der Waals surface area contributed by atoms with Crippen LogP contribution in [-0.2, 0) is 4.79 Å². The molecule has 2 rings (SSSR count). The molecule has 0 spiro atoms. The summed E-state index contributed by atoms with van der Waals surface area (Å²) >= 11 is 0. The quantitative estimate of drug-likeness (QED) is 0.720. The Hall–Kier alpha value is -2.73. The molecule has 1 amide bonds. The van der Waals surface area contributed by atoms with Crippen LogP contribution in [0.3, 0.4) is 0 Å². The molecular formula is C20H25NO5. The fraction of sp³-hybridized carbons (Fsp3) is 0.350. The van der Waals surface area contributed by atoms with E-state index in [1.54, 1.807) is 19.2 Å². The lowest BCUT2D eigenvalue weighted by atomic mass is 10.1. The highest BCUT2D eigenvalue weighted by molar-refractivity contribution is 5.78. The van der Waals surface area contributed by atoms with Crippen molar-refractivity contribution in [2.75, 3.05) is 26.9 Å². The van der Waals surface area contributed by atoms with Gasteiger partial charge < -0.3 is 24.6 Å². The Labute approximate surface area is 153 Å². The van der Waals surface area contributed by atoms with Crippen molar-refractivity contribution in [3.63, 3.8) is 0 Å². The number of methoxy groups -OCH3 is 1. The third-order valence-electron chi connectivity index (χ3n) is 3.77. The van der Waals surface area contributed by atoms with E-state index < -0.39 is 0 Å². The van der Waals surface area contributed by atoms with Crippen LogP contribution in [0.2, 0.25) is 0 Å². The largest absolute Gasteiger partial charge is 0.493 e. The maximum atomic E-state index is 12.1. The van der Waals surface area contributed by atoms with Gasteiger partial charge in [-0.2, -0.15) is 0 Å². The zero-order valence-electron chi connectivity index (χ0n) is 15.3. The van der Waals surface area contributed by atoms with Gasteiger partial charge in [0.05, 0.1) is 19.8 Å². The third-order valence-corrected chi connectivity index (χ3v) is 3.77. The molecule has 0 saturated heterocycles. The van der Waals surface area contributed by atoms with Crippen LogP contribution < -0.4 is 19.5 Å². The van der Waals surface area contributed by atoms with Crippen LogP contribution in [0.15, 0.2) is 42.5 Å². The average Bonchev–Trinajstić information content (AvgIpc) is 2.64. The van der Waals surface area contributed by atoms with Gasteiger partial charge in [-0.05, 0) is 49.2 Å². The average molecular weight is 359 g/mol. The van der Waals surface area contributed by atoms with Gasteiger partial charge in [0.25, 0.3) is 5.91 Å². The molecule has 0 aliphatic carbocycles. The van der Waals surface area contributed by atoms with E-state index in [9.17, 15) is 4.79 Å². The van der Waals surface area contributed by atoms with Crippen LogP contribution in [0.1, 0.15) is 24.1 Å². The fourth-order valence-electron chi connectivity index (χ4n) is 2.45. The number of ether oxygens (including phenoxy) is 3. The van der Waals surface area contributed by atoms with Crippen molar-refractivity contribution in [1.29, 1.82) is 0 Å². The molecule has 0 saturated carbocycles. The summed E-state index contributed by atoms with van der Waals surface area (Å²) in [5.41, 5.74) is 1.95. The van der Waals surface area contributed by atoms with Crippen molar-refractivity contribution in [3.05, 3.63) is 53.6 Å². The molecule has 0 aliphatic heterocycles. The van der Waals surface area contributed by atoms with Gasteiger partial charge in [0, 0.05) is 0 Å². The molecule has 0 fully saturated rings. The maximum absolute atomic E-state index is 12.1. The molecule has 0 bridgehead atoms. The number of aliphatic hydroxyl groups is 1. The number of carbonyl (C=O) groups excluding carboxylic acids is 1. The van der Waals surface area contributed by atoms with Crippen LogP contribution in [0.5, 0.6) is 17.2 Å². The van der Waals surface area contributed by atoms with Crippen molar-refractivity contribution in [3.8, 4) is 17.2 Å². The van der Waals surface area contributed by atoms with Gasteiger partial charge in [0.1, 0.15) is 12.4 Å². The van der Waals surface area contributed by atoms with E-state index in [-0.39, 0.29) is 31.8 Å². The zero-order chi connectivity index (χ0) is 18.9. The van der Waals surface area contributed by atoms with E-state index in [1.165, 1.54) is 0 Å². The van der Waals surface area contributed by atoms with Gasteiger partial charge in [0.15, 0.2) is 18.1 Å². The van der Waals surface area contributed by atoms with Gasteiger partial charge in [-0.15, -0.1) is 0 Å². The Balaban J connectivity index is 1.93. The Bertz CT molecular complexity index is 732. The van der Waals surface area contributed by atoms with Gasteiger partial charge in [0.2, 0.25) is 0 Å². The minimum Gasteiger partial charge on any atom is -0.493 e. The molecule has 0 aliphatic rings. The number of benzene rings is 2. The smallest absolute Gasteiger partial charge is 0.258 e. The molecule has 2 aromatic rings. The number of hydrogen-bond donors (Lipinski definition) is 2. The molecule has 140 valence electrons. The standard InChI is InChI=1S/C20H25NO5/c1-14-5-4-6-17(11-14)26-13-20(23)21-15(2)16-7-8-18(25-10-9-22)19(12-16)24-3/h4-8,11-12,15,22H,9-10,13H2,1-3H3,(H,21,23)/t15-/m0/s1. The molecule has 6 nitrogen and oxygen atoms in total. The SMILES string of the molecule is COc1cc([C@H](C)NC(=O)COc2cccc(C)c2)ccc1OCCO. The molecule has 1 atom stereocenters. The first-order valence-electron chi connectivity index (χ1n) is 8.44. The molecule has 0 radical (unpaired) electrons. The summed E-state index contributed by atoms with van der Waals surface area (Å²) in [7, 11) is 1.55. The highest BCUT2D eigenvalue weighted by Crippen LogP contribution is 2.30. The second-order valence-corrected chi connectivity index (χ2v) is 5.88. The Morgan fingerprint density at radius 2 is 1.96 bits per heavy atom. The van der Waals surface area contributed by atoms with E-state index in [4.69, 9.17) is 19.3 Å². The summed E-state index contributed by atoms with van der Waals surface area (Å²) in [6, 6.07) is 12.8. The number of hydrogen-bond acceptors (Lipinski definition) is 5. The van der Waals surface area contributed by atoms with Gasteiger partial charge in [-0.1, -0.05) is 18.2 Å². The lowest BCUT2D eigenvalue weighted by Gasteiger charge is -2.17. The first-order chi connectivity index (χ1) is 12.5. The van der Waals surface area contributed by atoms with Crippen molar-refractivity contribution in [2.45, 2.75) is 19.9 Å². The topological polar surface area (TPSA) is 77.0 Å². The lowest BCUT2D eigenvalue weighted by molar-refractivity contribution is -0.123. The number of carbonyl (C=O) groups is 1. The Morgan fingerprint density at radius 1 is 1.15 bits per heavy atom. The van der Waals surface area contributed by atoms with Crippen LogP contribution in [0, 0.1) is 6.92 Å². The molecule has 6 heteroatoms. The fourth-order valence-corrected chi connectivity index (χ4v) is 2.45. The summed E-state index contributed by atoms with van der Waals surface area (Å²) < 4.78 is 16.2. The molecular weight excluding hydrogens is 334 g/mol. The summed E-state index contributed by atoms with van der Waals surface area (Å²) in [6.45, 7) is 3.92. The van der Waals surface area contributed by atoms with Crippen LogP contribution in [0.25, 0.3) is 0 Å². The van der Waals surface area contributed by atoms with Gasteiger partial charge in [-0.3, -0.25) is 4.79 Å². The molecule has 0 heterocycles. The predicted molar refractivity (Wildman–Crippen MR) is 98.8 cm³/mol. The van der Waals surface area contributed by atoms with Gasteiger partial charge in [-0.25, -0.2) is 0 Å². The van der Waals surface area contributed by atoms with Crippen molar-refractivity contribution >= 4 is 5.91 Å². The Morgan fingerprint density at radius 3 is 2.65 bits per heavy atom. The minimum absolute atomic E-state index is 0.0530. The summed E-state index contributed by atoms with van der Waals surface area (Å²) in [4.78, 5) is 12.1. The second-order valence-electron chi connectivity index (χ2n) is 5.88. The summed E-state index contributed by atoms with van der Waals surface area (Å²) in [5, 5.41) is 11.8. The van der Waals surface area contributed by atoms with E-state index in [0.29, 0.717) is 17.2 Å². The van der Waals surface area contributed by atoms with E-state index in [1.807, 2.05) is 44.2 Å². The maximum Gasteiger partial charge on any atom is 0.258 e. The zero-order valence-corrected chi connectivity index (χ0v) is 15.3. The van der Waals surface area contributed by atoms with Crippen molar-refractivity contribution in [2.24, 2.45) is 0 Å². The molecule has 2 aromatic carbocycles. The van der Waals surface area contributed by atoms with Crippen LogP contribution in [0.4, 0.5) is 0 Å². The Kier molecular flexibility index (Phi) is 7.29. The first-order valence-corrected chi connectivity index (χ1v) is 8.44. The monoisotopic (exact) mass is 359 g/mol. The number of aryl methyl sites for hydroxylation is 1. The number of aliphatic hydroxyl groups excluding tert-OH is 1. The van der Waals surface area contributed by atoms with E-state index in [0.717, 1.165) is 11.1 Å². The molecule has 2 N–H and O–H groups in total. The first kappa shape index (κ1) is 19.6. The lowest BCUT2D eigenvalue weighted by Crippen LogP contribution is -2.31. The minimum atomic E-state index is -0.218. The van der Waals surface area contributed by atoms with E-state index >= 15 is 0 Å². The summed E-state index contributed by atoms with van der Waals surface area (Å²) in [5.74, 6) is 1.55. The number of nitrogens with one attached hydrogen (secondary N) is 1. The highest BCUT2D eigenvalue weighted by atomic mass is 16.5. The van der Waals surface area contributed by atoms with Crippen LogP contribution in [-0.4, -0.2) is 37.9 Å². The van der Waals surface area contributed by atoms with Gasteiger partial charge >= 0.3 is 0 Å². The van der Waals surface area contributed by atoms with Crippen LogP contribution >= 0.6 is 0 Å². The molecule has 26 heavy (non-hydrogen) atoms. The third kappa shape index (κ3) is 5.67. The highest BCUT2D eigenvalue weighted by Gasteiger charge is 2.13. The van der Waals surface area contributed by atoms with Crippen molar-refractivity contribution in [1.82, 2.24) is 5.32 Å². The number of amides is 1. The molecule has 0 aromatic heterocycles. The second kappa shape index (κ2) is 9.68. The summed E-state index contributed by atoms with van der Waals surface area (Å²) in [6.07, 6.45) is 0. The van der Waals surface area contributed by atoms with Crippen molar-refractivity contribution < 1.29 is 24.1 Å². The number of rotatable bonds is 9. The normalized spacial score (nSPS) is 11.5.